The summed E-state index contributed by atoms with van der Waals surface area (Å²) < 4.78 is 19.8. The van der Waals surface area contributed by atoms with E-state index in [0.717, 1.165) is 22.3 Å². The van der Waals surface area contributed by atoms with E-state index in [-0.39, 0.29) is 27.1 Å². The Bertz CT molecular complexity index is 4990. The van der Waals surface area contributed by atoms with Crippen LogP contribution in [0.1, 0.15) is 132 Å². The minimum absolute atomic E-state index is 0.105. The van der Waals surface area contributed by atoms with Crippen LogP contribution in [-0.4, -0.2) is 4.57 Å². The quantitative estimate of drug-likeness (QED) is 0.164. The zero-order chi connectivity index (χ0) is 64.2. The van der Waals surface area contributed by atoms with Crippen molar-refractivity contribution >= 4 is 129 Å². The van der Waals surface area contributed by atoms with Crippen LogP contribution in [0.2, 0.25) is 0 Å². The number of para-hydroxylation sites is 5. The van der Waals surface area contributed by atoms with Crippen molar-refractivity contribution in [1.29, 1.82) is 0 Å². The van der Waals surface area contributed by atoms with Crippen molar-refractivity contribution in [3.05, 3.63) is 270 Å². The third-order valence-corrected chi connectivity index (χ3v) is 19.8. The Hall–Kier alpha value is -8.74. The van der Waals surface area contributed by atoms with Gasteiger partial charge >= 0.3 is 0 Å². The molecule has 0 saturated heterocycles. The number of benzene rings is 11. The summed E-state index contributed by atoms with van der Waals surface area (Å²) in [6.07, 6.45) is 0. The number of hydrogen-bond acceptors (Lipinski definition) is 4. The van der Waals surface area contributed by atoms with Crippen LogP contribution in [-0.2, 0) is 27.1 Å². The van der Waals surface area contributed by atoms with Gasteiger partial charge in [0.05, 0.1) is 11.0 Å². The second-order valence-corrected chi connectivity index (χ2v) is 31.5. The van der Waals surface area contributed by atoms with E-state index >= 15 is 0 Å². The van der Waals surface area contributed by atoms with E-state index in [1.807, 2.05) is 46.9 Å². The summed E-state index contributed by atoms with van der Waals surface area (Å²) in [7, 11) is 0. The van der Waals surface area contributed by atoms with E-state index in [9.17, 15) is 0 Å². The summed E-state index contributed by atoms with van der Waals surface area (Å²) in [5.41, 5.74) is 15.4. The van der Waals surface area contributed by atoms with Crippen LogP contribution >= 0.6 is 22.7 Å². The molecule has 16 aromatic rings. The molecule has 0 radical (unpaired) electrons. The van der Waals surface area contributed by atoms with Crippen molar-refractivity contribution in [2.75, 3.05) is 0 Å². The number of hydrogen-bond donors (Lipinski definition) is 0. The van der Waals surface area contributed by atoms with Gasteiger partial charge in [-0.15, -0.1) is 22.7 Å². The summed E-state index contributed by atoms with van der Waals surface area (Å²) in [5, 5.41) is 13.0. The molecule has 11 aromatic carbocycles. The first-order valence-electron chi connectivity index (χ1n) is 32.1. The van der Waals surface area contributed by atoms with E-state index in [2.05, 4.69) is 327 Å². The summed E-state index contributed by atoms with van der Waals surface area (Å²) in [6.45, 7) is 33.8. The molecule has 5 aromatic heterocycles. The third-order valence-electron chi connectivity index (χ3n) is 17.5. The topological polar surface area (TPSA) is 31.2 Å². The van der Waals surface area contributed by atoms with Crippen LogP contribution in [0.4, 0.5) is 0 Å². The molecule has 0 aliphatic rings. The van der Waals surface area contributed by atoms with Gasteiger partial charge in [0.2, 0.25) is 0 Å². The first-order valence-corrected chi connectivity index (χ1v) is 33.7. The van der Waals surface area contributed by atoms with Crippen LogP contribution in [0.5, 0.6) is 0 Å². The van der Waals surface area contributed by atoms with Gasteiger partial charge < -0.3 is 13.4 Å². The molecule has 91 heavy (non-hydrogen) atoms. The van der Waals surface area contributed by atoms with Crippen LogP contribution in [0.25, 0.3) is 112 Å². The minimum Gasteiger partial charge on any atom is -0.456 e. The fourth-order valence-corrected chi connectivity index (χ4v) is 14.9. The molecule has 0 amide bonds. The van der Waals surface area contributed by atoms with Gasteiger partial charge in [-0.1, -0.05) is 274 Å². The van der Waals surface area contributed by atoms with Crippen LogP contribution < -0.4 is 0 Å². The zero-order valence-electron chi connectivity index (χ0n) is 55.7. The molecule has 0 fully saturated rings. The van der Waals surface area contributed by atoms with Crippen molar-refractivity contribution in [2.45, 2.75) is 131 Å². The Morgan fingerprint density at radius 2 is 0.692 bits per heavy atom. The molecule has 0 unspecified atom stereocenters. The molecule has 16 rings (SSSR count). The third kappa shape index (κ3) is 12.9. The molecule has 5 heterocycles. The van der Waals surface area contributed by atoms with Crippen LogP contribution in [0.15, 0.2) is 251 Å². The molecule has 5 heteroatoms. The van der Waals surface area contributed by atoms with E-state index in [0.29, 0.717) is 0 Å². The number of fused-ring (bicyclic) bond motifs is 15. The lowest BCUT2D eigenvalue weighted by Crippen LogP contribution is -2.10. The average Bonchev–Trinajstić information content (AvgIpc) is 1.64. The molecule has 0 bridgehead atoms. The monoisotopic (exact) mass is 1230 g/mol. The molecular formula is C86H85NO2S2. The largest absolute Gasteiger partial charge is 0.456 e. The maximum atomic E-state index is 6.01. The van der Waals surface area contributed by atoms with Crippen molar-refractivity contribution in [2.24, 2.45) is 0 Å². The summed E-state index contributed by atoms with van der Waals surface area (Å²) >= 11 is 3.80. The van der Waals surface area contributed by atoms with E-state index < -0.39 is 0 Å². The lowest BCUT2D eigenvalue weighted by molar-refractivity contribution is 0.573. The molecule has 0 spiro atoms. The second kappa shape index (κ2) is 24.5. The molecule has 0 atom stereocenters. The van der Waals surface area contributed by atoms with Crippen molar-refractivity contribution in [3.8, 4) is 5.69 Å². The Kier molecular flexibility index (Phi) is 16.8. The first kappa shape index (κ1) is 62.5. The SMILES string of the molecule is CC(C)(C)c1ccc2c3ccccc3n(-c3ccccc3)c2c1.CC(C)(C)c1ccc2oc3ccccc3c2c1.CC(C)(C)c1ccc2sc3ccccc3c2c1.CC(C)(C)c1cccc2c1oc1ccccc12.CC(C)(C)c1cccc2c1sc1ccccc12. The van der Waals surface area contributed by atoms with Crippen LogP contribution in [0, 0.1) is 0 Å². The van der Waals surface area contributed by atoms with E-state index in [1.54, 1.807) is 0 Å². The number of rotatable bonds is 1. The van der Waals surface area contributed by atoms with E-state index in [1.165, 1.54) is 117 Å². The van der Waals surface area contributed by atoms with Crippen LogP contribution in [0.3, 0.4) is 0 Å². The predicted octanol–water partition coefficient (Wildman–Crippen LogP) is 26.6. The fraction of sp³-hybridized carbons (Fsp3) is 0.233. The lowest BCUT2D eigenvalue weighted by Gasteiger charge is -2.19. The van der Waals surface area contributed by atoms with Gasteiger partial charge in [-0.05, 0) is 122 Å². The Morgan fingerprint density at radius 3 is 1.32 bits per heavy atom. The molecule has 0 aliphatic carbocycles. The molecule has 3 nitrogen and oxygen atoms in total. The Morgan fingerprint density at radius 1 is 0.264 bits per heavy atom. The van der Waals surface area contributed by atoms with Gasteiger partial charge in [-0.2, -0.15) is 0 Å². The molecule has 0 aliphatic heterocycles. The molecule has 0 N–H and O–H groups in total. The fourth-order valence-electron chi connectivity index (χ4n) is 12.4. The van der Waals surface area contributed by atoms with Crippen molar-refractivity contribution in [1.82, 2.24) is 4.57 Å². The predicted molar refractivity (Wildman–Crippen MR) is 400 cm³/mol. The van der Waals surface area contributed by atoms with Gasteiger partial charge in [-0.25, -0.2) is 0 Å². The Balaban J connectivity index is 0.000000111. The molecule has 458 valence electrons. The highest BCUT2D eigenvalue weighted by atomic mass is 32.1. The van der Waals surface area contributed by atoms with Gasteiger partial charge in [0.15, 0.2) is 0 Å². The average molecular weight is 1230 g/mol. The number of nitrogens with zero attached hydrogens (tertiary/aromatic N) is 1. The number of thiophene rings is 2. The van der Waals surface area contributed by atoms with Gasteiger partial charge in [0, 0.05) is 83.9 Å². The molecular weight excluding hydrogens is 1140 g/mol. The minimum atomic E-state index is 0.105. The highest BCUT2D eigenvalue weighted by Gasteiger charge is 2.23. The van der Waals surface area contributed by atoms with Crippen molar-refractivity contribution < 1.29 is 8.83 Å². The summed E-state index contributed by atoms with van der Waals surface area (Å²) in [6, 6.07) is 86.4. The van der Waals surface area contributed by atoms with Crippen molar-refractivity contribution in [3.63, 3.8) is 0 Å². The number of furan rings is 2. The normalized spacial score (nSPS) is 12.3. The van der Waals surface area contributed by atoms with E-state index in [4.69, 9.17) is 8.83 Å². The highest BCUT2D eigenvalue weighted by molar-refractivity contribution is 7.26. The smallest absolute Gasteiger partial charge is 0.139 e. The highest BCUT2D eigenvalue weighted by Crippen LogP contribution is 2.42. The first-order chi connectivity index (χ1) is 43.3. The van der Waals surface area contributed by atoms with Gasteiger partial charge in [0.25, 0.3) is 0 Å². The second-order valence-electron chi connectivity index (χ2n) is 29.3. The maximum absolute atomic E-state index is 6.01. The Labute approximate surface area is 545 Å². The standard InChI is InChI=1S/C22H21N.2C16H16O.2C16H16S/c1-22(2,3)16-13-14-19-18-11-7-8-12-20(18)23(21(19)15-16)17-9-5-4-6-10-17;1-16(2,3)13-9-6-8-12-11-7-4-5-10-14(11)17-15(12)13;1-16(2,3)11-8-9-15-13(10-11)12-6-4-5-7-14(12)17-15;1-16(2,3)13-9-6-8-12-11-7-4-5-10-14(11)17-15(12)13;1-16(2,3)11-8-9-15-13(10-11)12-6-4-5-7-14(12)17-15/h4-15H,1-3H3;4*4-10H,1-3H3. The summed E-state index contributed by atoms with van der Waals surface area (Å²) in [5.74, 6) is 0. The van der Waals surface area contributed by atoms with Gasteiger partial charge in [0.1, 0.15) is 22.3 Å². The maximum Gasteiger partial charge on any atom is 0.139 e. The molecule has 0 saturated carbocycles. The number of aromatic nitrogens is 1. The summed E-state index contributed by atoms with van der Waals surface area (Å²) in [4.78, 5) is 0. The lowest BCUT2D eigenvalue weighted by atomic mass is 9.86. The zero-order valence-corrected chi connectivity index (χ0v) is 57.3. The van der Waals surface area contributed by atoms with Gasteiger partial charge in [-0.3, -0.25) is 0 Å².